The first-order valence-corrected chi connectivity index (χ1v) is 18.3. The molecule has 4 nitrogen and oxygen atoms in total. The Morgan fingerprint density at radius 2 is 0.977 bits per heavy atom. The van der Waals surface area contributed by atoms with Crippen molar-refractivity contribution in [3.63, 3.8) is 0 Å². The van der Waals surface area contributed by atoms with E-state index in [2.05, 4.69) is 58.2 Å². The fraction of sp³-hybridized carbons (Fsp3) is 0.650. The first kappa shape index (κ1) is 39.4. The summed E-state index contributed by atoms with van der Waals surface area (Å²) in [5.41, 5.74) is 0. The van der Waals surface area contributed by atoms with Crippen LogP contribution < -0.4 is 0 Å². The molecular weight excluding hydrogens is 536 g/mol. The number of hydrogen-bond donors (Lipinski definition) is 2. The molecule has 1 unspecified atom stereocenters. The molecule has 0 aliphatic heterocycles. The number of hydrogen-bond acceptors (Lipinski definition) is 2. The monoisotopic (exact) mass is 605 g/mol. The van der Waals surface area contributed by atoms with Crippen molar-refractivity contribution in [1.82, 2.24) is 19.9 Å². The molecule has 0 saturated carbocycles. The second kappa shape index (κ2) is 31.8. The van der Waals surface area contributed by atoms with Crippen molar-refractivity contribution in [3.8, 4) is 0 Å². The molecule has 2 N–H and O–H groups in total. The van der Waals surface area contributed by atoms with Crippen molar-refractivity contribution in [2.75, 3.05) is 0 Å². The summed E-state index contributed by atoms with van der Waals surface area (Å²) in [4.78, 5) is 14.9. The van der Waals surface area contributed by atoms with E-state index in [9.17, 15) is 0 Å². The molecule has 2 aromatic heterocycles. The van der Waals surface area contributed by atoms with Crippen LogP contribution in [0, 0.1) is 5.92 Å². The summed E-state index contributed by atoms with van der Waals surface area (Å²) < 4.78 is 0. The summed E-state index contributed by atoms with van der Waals surface area (Å²) in [6.45, 7) is 9.69. The van der Waals surface area contributed by atoms with Gasteiger partial charge < -0.3 is 9.97 Å². The topological polar surface area (TPSA) is 57.4 Å². The van der Waals surface area contributed by atoms with Crippen molar-refractivity contribution in [3.05, 3.63) is 86.1 Å². The molecule has 0 aliphatic carbocycles. The van der Waals surface area contributed by atoms with Gasteiger partial charge in [-0.05, 0) is 44.4 Å². The van der Waals surface area contributed by atoms with Gasteiger partial charge in [-0.1, -0.05) is 159 Å². The van der Waals surface area contributed by atoms with Crippen LogP contribution in [-0.4, -0.2) is 19.9 Å². The minimum Gasteiger partial charge on any atom is -0.349 e. The highest BCUT2D eigenvalue weighted by Gasteiger charge is 2.08. The maximum absolute atomic E-state index is 4.31. The molecule has 0 spiro atoms. The molecule has 0 bridgehead atoms. The molecule has 248 valence electrons. The van der Waals surface area contributed by atoms with Gasteiger partial charge in [0.25, 0.3) is 0 Å². The molecule has 0 radical (unpaired) electrons. The molecular formula is C40H68N4. The van der Waals surface area contributed by atoms with Crippen LogP contribution in [0.15, 0.2) is 74.4 Å². The maximum Gasteiger partial charge on any atom is 0.105 e. The van der Waals surface area contributed by atoms with Gasteiger partial charge in [0.05, 0.1) is 0 Å². The lowest BCUT2D eigenvalue weighted by Crippen LogP contribution is -2.02. The Bertz CT molecular complexity index is 894. The van der Waals surface area contributed by atoms with Crippen molar-refractivity contribution in [1.29, 1.82) is 0 Å². The molecule has 4 heteroatoms. The number of aromatic amines is 2. The predicted octanol–water partition coefficient (Wildman–Crippen LogP) is 12.6. The molecule has 0 aromatic carbocycles. The molecule has 0 aliphatic rings. The minimum atomic E-state index is 0.948. The zero-order valence-corrected chi connectivity index (χ0v) is 28.6. The van der Waals surface area contributed by atoms with Crippen molar-refractivity contribution < 1.29 is 0 Å². The molecule has 1 atom stereocenters. The molecule has 2 heterocycles. The third kappa shape index (κ3) is 25.8. The highest BCUT2D eigenvalue weighted by Crippen LogP contribution is 2.24. The summed E-state index contributed by atoms with van der Waals surface area (Å²) in [6, 6.07) is 0. The third-order valence-electron chi connectivity index (χ3n) is 8.41. The molecule has 0 amide bonds. The molecule has 0 fully saturated rings. The normalized spacial score (nSPS) is 12.0. The molecule has 2 aromatic rings. The number of imidazole rings is 2. The van der Waals surface area contributed by atoms with E-state index in [1.807, 2.05) is 43.0 Å². The van der Waals surface area contributed by atoms with Gasteiger partial charge >= 0.3 is 0 Å². The van der Waals surface area contributed by atoms with Gasteiger partial charge in [0.15, 0.2) is 0 Å². The van der Waals surface area contributed by atoms with Crippen LogP contribution in [0.25, 0.3) is 0 Å². The Morgan fingerprint density at radius 3 is 1.43 bits per heavy atom. The smallest absolute Gasteiger partial charge is 0.105 e. The number of H-pyrrole nitrogens is 2. The standard InChI is InChI=1S/C23H40N2.C17H28N2/c1-3-5-7-9-10-13-17-22(16-12-8-6-4-2)18-14-11-15-19-23-24-20-21-25-23;1-2-3-4-5-6-7-8-9-10-11-12-13-14-17-18-15-16-19-17/h3,5,7,20-22H,1,4,6,8-19H2,2H3,(H,24,25);2-4,15-16H,1,5-14H2,(H,18,19). The summed E-state index contributed by atoms with van der Waals surface area (Å²) in [5, 5.41) is 0. The van der Waals surface area contributed by atoms with Gasteiger partial charge in [-0.3, -0.25) is 0 Å². The second-order valence-electron chi connectivity index (χ2n) is 12.4. The number of aryl methyl sites for hydroxylation is 2. The quantitative estimate of drug-likeness (QED) is 0.0716. The molecule has 0 saturated heterocycles. The third-order valence-corrected chi connectivity index (χ3v) is 8.41. The van der Waals surface area contributed by atoms with E-state index < -0.39 is 0 Å². The van der Waals surface area contributed by atoms with E-state index in [1.165, 1.54) is 141 Å². The van der Waals surface area contributed by atoms with E-state index in [4.69, 9.17) is 0 Å². The fourth-order valence-electron chi connectivity index (χ4n) is 5.76. The molecule has 44 heavy (non-hydrogen) atoms. The summed E-state index contributed by atoms with van der Waals surface area (Å²) in [6.07, 6.45) is 51.8. The summed E-state index contributed by atoms with van der Waals surface area (Å²) in [5.74, 6) is 3.22. The average Bonchev–Trinajstić information content (AvgIpc) is 3.76. The van der Waals surface area contributed by atoms with Crippen LogP contribution >= 0.6 is 0 Å². The van der Waals surface area contributed by atoms with Crippen LogP contribution in [0.3, 0.4) is 0 Å². The zero-order chi connectivity index (χ0) is 31.6. The number of rotatable bonds is 29. The van der Waals surface area contributed by atoms with Gasteiger partial charge in [0.1, 0.15) is 11.6 Å². The van der Waals surface area contributed by atoms with Crippen LogP contribution in [-0.2, 0) is 12.8 Å². The van der Waals surface area contributed by atoms with Gasteiger partial charge in [-0.25, -0.2) is 9.97 Å². The Kier molecular flexibility index (Phi) is 28.5. The SMILES string of the molecule is C=CC=CCCCCC(CCCCCC)CCCCCc1ncc[nH]1.C=CC=CCCCCCCCCCCc1ncc[nH]1. The Balaban J connectivity index is 0.000000457. The van der Waals surface area contributed by atoms with E-state index in [1.54, 1.807) is 0 Å². The Morgan fingerprint density at radius 1 is 0.568 bits per heavy atom. The van der Waals surface area contributed by atoms with Crippen LogP contribution in [0.1, 0.15) is 160 Å². The van der Waals surface area contributed by atoms with E-state index in [-0.39, 0.29) is 0 Å². The van der Waals surface area contributed by atoms with Gasteiger partial charge in [-0.15, -0.1) is 0 Å². The van der Waals surface area contributed by atoms with Gasteiger partial charge in [0.2, 0.25) is 0 Å². The van der Waals surface area contributed by atoms with Gasteiger partial charge in [-0.2, -0.15) is 0 Å². The number of unbranched alkanes of at least 4 members (excludes halogenated alkanes) is 15. The fourth-order valence-corrected chi connectivity index (χ4v) is 5.76. The lowest BCUT2D eigenvalue weighted by molar-refractivity contribution is 0.371. The van der Waals surface area contributed by atoms with Crippen molar-refractivity contribution >= 4 is 0 Å². The molecule has 2 rings (SSSR count). The van der Waals surface area contributed by atoms with Crippen molar-refractivity contribution in [2.45, 2.75) is 161 Å². The Labute approximate surface area is 272 Å². The highest BCUT2D eigenvalue weighted by molar-refractivity contribution is 4.97. The first-order chi connectivity index (χ1) is 21.8. The van der Waals surface area contributed by atoms with Crippen LogP contribution in [0.2, 0.25) is 0 Å². The van der Waals surface area contributed by atoms with E-state index >= 15 is 0 Å². The summed E-state index contributed by atoms with van der Waals surface area (Å²) >= 11 is 0. The van der Waals surface area contributed by atoms with Crippen LogP contribution in [0.5, 0.6) is 0 Å². The lowest BCUT2D eigenvalue weighted by Gasteiger charge is -2.16. The van der Waals surface area contributed by atoms with Crippen LogP contribution in [0.4, 0.5) is 0 Å². The average molecular weight is 605 g/mol. The van der Waals surface area contributed by atoms with E-state index in [0.29, 0.717) is 0 Å². The van der Waals surface area contributed by atoms with E-state index in [0.717, 1.165) is 30.4 Å². The van der Waals surface area contributed by atoms with Crippen molar-refractivity contribution in [2.24, 2.45) is 5.92 Å². The zero-order valence-electron chi connectivity index (χ0n) is 28.6. The maximum atomic E-state index is 4.31. The Hall–Kier alpha value is -2.62. The number of allylic oxidation sites excluding steroid dienone is 6. The lowest BCUT2D eigenvalue weighted by atomic mass is 9.90. The number of nitrogens with one attached hydrogen (secondary N) is 2. The van der Waals surface area contributed by atoms with Gasteiger partial charge in [0, 0.05) is 37.6 Å². The summed E-state index contributed by atoms with van der Waals surface area (Å²) in [7, 11) is 0. The largest absolute Gasteiger partial charge is 0.349 e. The number of aromatic nitrogens is 4. The minimum absolute atomic E-state index is 0.948. The number of nitrogens with zero attached hydrogens (tertiary/aromatic N) is 2. The first-order valence-electron chi connectivity index (χ1n) is 18.3. The predicted molar refractivity (Wildman–Crippen MR) is 194 cm³/mol. The second-order valence-corrected chi connectivity index (χ2v) is 12.4. The highest BCUT2D eigenvalue weighted by atomic mass is 14.9.